The van der Waals surface area contributed by atoms with Crippen LogP contribution in [0.5, 0.6) is 0 Å². The predicted molar refractivity (Wildman–Crippen MR) is 111 cm³/mol. The highest BCUT2D eigenvalue weighted by Crippen LogP contribution is 2.28. The highest BCUT2D eigenvalue weighted by molar-refractivity contribution is 6.10. The van der Waals surface area contributed by atoms with Crippen molar-refractivity contribution in [1.82, 2.24) is 19.9 Å². The van der Waals surface area contributed by atoms with Gasteiger partial charge in [-0.2, -0.15) is 0 Å². The van der Waals surface area contributed by atoms with Gasteiger partial charge in [-0.15, -0.1) is 0 Å². The van der Waals surface area contributed by atoms with Crippen LogP contribution in [0.1, 0.15) is 62.7 Å². The van der Waals surface area contributed by atoms with Gasteiger partial charge in [-0.25, -0.2) is 9.97 Å². The molecule has 27 heavy (non-hydrogen) atoms. The fourth-order valence-electron chi connectivity index (χ4n) is 3.33. The normalized spacial score (nSPS) is 11.3. The lowest BCUT2D eigenvalue weighted by molar-refractivity contribution is 0.0955. The maximum Gasteiger partial charge on any atom is 0.257 e. The summed E-state index contributed by atoms with van der Waals surface area (Å²) in [6, 6.07) is 7.72. The second-order valence-electron chi connectivity index (χ2n) is 6.97. The molecule has 0 aliphatic carbocycles. The number of hydrogen-bond acceptors (Lipinski definition) is 4. The molecular weight excluding hydrogens is 338 g/mol. The van der Waals surface area contributed by atoms with E-state index in [1.165, 1.54) is 12.8 Å². The quantitative estimate of drug-likeness (QED) is 0.553. The fourth-order valence-corrected chi connectivity index (χ4v) is 3.33. The van der Waals surface area contributed by atoms with Gasteiger partial charge >= 0.3 is 0 Å². The van der Waals surface area contributed by atoms with Crippen molar-refractivity contribution < 1.29 is 4.79 Å². The number of aryl methyl sites for hydroxylation is 1. The third-order valence-electron chi connectivity index (χ3n) is 4.87. The van der Waals surface area contributed by atoms with E-state index < -0.39 is 0 Å². The molecular formula is C21H29N5O. The molecule has 3 N–H and O–H groups in total. The van der Waals surface area contributed by atoms with Crippen LogP contribution in [0.4, 0.5) is 5.82 Å². The van der Waals surface area contributed by atoms with Crippen LogP contribution in [0.15, 0.2) is 24.3 Å². The molecule has 1 amide bonds. The lowest BCUT2D eigenvalue weighted by atomic mass is 10.2. The van der Waals surface area contributed by atoms with E-state index in [2.05, 4.69) is 19.2 Å². The van der Waals surface area contributed by atoms with E-state index in [4.69, 9.17) is 15.7 Å². The van der Waals surface area contributed by atoms with E-state index in [1.54, 1.807) is 0 Å². The summed E-state index contributed by atoms with van der Waals surface area (Å²) in [5, 5.41) is 2.97. The Morgan fingerprint density at radius 1 is 1.04 bits per heavy atom. The smallest absolute Gasteiger partial charge is 0.257 e. The maximum absolute atomic E-state index is 12.8. The summed E-state index contributed by atoms with van der Waals surface area (Å²) < 4.78 is 1.96. The Kier molecular flexibility index (Phi) is 6.27. The second kappa shape index (κ2) is 8.84. The summed E-state index contributed by atoms with van der Waals surface area (Å²) in [7, 11) is 0. The highest BCUT2D eigenvalue weighted by Gasteiger charge is 2.23. The number of nitrogen functional groups attached to an aromatic ring is 1. The van der Waals surface area contributed by atoms with Crippen molar-refractivity contribution >= 4 is 33.9 Å². The number of carbonyl (C=O) groups excluding carboxylic acids is 1. The number of nitrogens with two attached hydrogens (primary N) is 1. The van der Waals surface area contributed by atoms with Crippen molar-refractivity contribution in [2.75, 3.05) is 12.3 Å². The summed E-state index contributed by atoms with van der Waals surface area (Å²) in [6.45, 7) is 5.67. The van der Waals surface area contributed by atoms with E-state index in [0.717, 1.165) is 43.3 Å². The van der Waals surface area contributed by atoms with E-state index in [-0.39, 0.29) is 5.91 Å². The van der Waals surface area contributed by atoms with E-state index >= 15 is 0 Å². The standard InChI is InChI=1S/C21H29N5O/c1-3-5-7-10-14-26-19(22)17(21(27)23-13-6-4-2)18-20(26)25-16-12-9-8-11-15(16)24-18/h8-9,11-12H,3-7,10,13-14,22H2,1-2H3,(H,23,27). The molecule has 0 saturated carbocycles. The molecule has 144 valence electrons. The first kappa shape index (κ1) is 19.1. The Balaban J connectivity index is 2.05. The molecule has 3 aromatic rings. The number of nitrogens with zero attached hydrogens (tertiary/aromatic N) is 3. The van der Waals surface area contributed by atoms with Crippen molar-refractivity contribution in [2.24, 2.45) is 0 Å². The van der Waals surface area contributed by atoms with Crippen LogP contribution in [0.25, 0.3) is 22.2 Å². The second-order valence-corrected chi connectivity index (χ2v) is 6.97. The van der Waals surface area contributed by atoms with Crippen molar-refractivity contribution in [1.29, 1.82) is 0 Å². The molecule has 6 heteroatoms. The molecule has 0 saturated heterocycles. The lowest BCUT2D eigenvalue weighted by Gasteiger charge is -2.08. The molecule has 6 nitrogen and oxygen atoms in total. The molecule has 2 aromatic heterocycles. The van der Waals surface area contributed by atoms with E-state index in [1.807, 2.05) is 28.8 Å². The number of benzene rings is 1. The molecule has 1 aromatic carbocycles. The van der Waals surface area contributed by atoms with Gasteiger partial charge in [0.1, 0.15) is 16.9 Å². The van der Waals surface area contributed by atoms with E-state index in [0.29, 0.717) is 29.1 Å². The van der Waals surface area contributed by atoms with Gasteiger partial charge in [-0.1, -0.05) is 51.7 Å². The zero-order valence-corrected chi connectivity index (χ0v) is 16.3. The third-order valence-corrected chi connectivity index (χ3v) is 4.87. The zero-order chi connectivity index (χ0) is 19.2. The molecule has 0 unspecified atom stereocenters. The molecule has 0 atom stereocenters. The van der Waals surface area contributed by atoms with Gasteiger partial charge in [0.25, 0.3) is 5.91 Å². The summed E-state index contributed by atoms with van der Waals surface area (Å²) in [6.07, 6.45) is 6.48. The summed E-state index contributed by atoms with van der Waals surface area (Å²) >= 11 is 0. The average Bonchev–Trinajstić information content (AvgIpc) is 2.94. The Bertz CT molecular complexity index is 931. The number of fused-ring (bicyclic) bond motifs is 2. The number of hydrogen-bond donors (Lipinski definition) is 2. The van der Waals surface area contributed by atoms with Gasteiger partial charge in [0.05, 0.1) is 11.0 Å². The van der Waals surface area contributed by atoms with Crippen molar-refractivity contribution in [3.05, 3.63) is 29.8 Å². The number of rotatable bonds is 9. The monoisotopic (exact) mass is 367 g/mol. The number of anilines is 1. The molecule has 3 rings (SSSR count). The number of carbonyl (C=O) groups is 1. The SMILES string of the molecule is CCCCCCn1c(N)c(C(=O)NCCCC)c2nc3ccccc3nc21. The van der Waals surface area contributed by atoms with Crippen LogP contribution in [-0.4, -0.2) is 27.0 Å². The van der Waals surface area contributed by atoms with Gasteiger partial charge in [-0.3, -0.25) is 4.79 Å². The fraction of sp³-hybridized carbons (Fsp3) is 0.476. The molecule has 2 heterocycles. The molecule has 0 aliphatic rings. The third kappa shape index (κ3) is 4.04. The Hall–Kier alpha value is -2.63. The number of para-hydroxylation sites is 2. The van der Waals surface area contributed by atoms with Crippen LogP contribution in [0.3, 0.4) is 0 Å². The Morgan fingerprint density at radius 3 is 2.44 bits per heavy atom. The number of amides is 1. The Labute approximate surface area is 160 Å². The minimum atomic E-state index is -0.164. The molecule has 0 fully saturated rings. The minimum Gasteiger partial charge on any atom is -0.384 e. The van der Waals surface area contributed by atoms with Crippen molar-refractivity contribution in [3.63, 3.8) is 0 Å². The van der Waals surface area contributed by atoms with Gasteiger partial charge in [0, 0.05) is 13.1 Å². The van der Waals surface area contributed by atoms with Gasteiger partial charge in [0.2, 0.25) is 0 Å². The van der Waals surface area contributed by atoms with Crippen LogP contribution in [0, 0.1) is 0 Å². The molecule has 0 aliphatic heterocycles. The van der Waals surface area contributed by atoms with Gasteiger partial charge in [-0.05, 0) is 25.0 Å². The van der Waals surface area contributed by atoms with Crippen LogP contribution in [0.2, 0.25) is 0 Å². The summed E-state index contributed by atoms with van der Waals surface area (Å²) in [5.74, 6) is 0.300. The number of unbranched alkanes of at least 4 members (excludes halogenated alkanes) is 4. The first-order chi connectivity index (χ1) is 13.2. The number of nitrogens with one attached hydrogen (secondary N) is 1. The number of aromatic nitrogens is 3. The van der Waals surface area contributed by atoms with Gasteiger partial charge < -0.3 is 15.6 Å². The predicted octanol–water partition coefficient (Wildman–Crippen LogP) is 4.28. The topological polar surface area (TPSA) is 85.8 Å². The Morgan fingerprint density at radius 2 is 1.74 bits per heavy atom. The largest absolute Gasteiger partial charge is 0.384 e. The van der Waals surface area contributed by atoms with Crippen LogP contribution < -0.4 is 11.1 Å². The van der Waals surface area contributed by atoms with Crippen molar-refractivity contribution in [3.8, 4) is 0 Å². The average molecular weight is 367 g/mol. The first-order valence-electron chi connectivity index (χ1n) is 10.00. The first-order valence-corrected chi connectivity index (χ1v) is 10.00. The van der Waals surface area contributed by atoms with Gasteiger partial charge in [0.15, 0.2) is 5.65 Å². The zero-order valence-electron chi connectivity index (χ0n) is 16.3. The van der Waals surface area contributed by atoms with Crippen molar-refractivity contribution in [2.45, 2.75) is 58.9 Å². The molecule has 0 spiro atoms. The molecule has 0 bridgehead atoms. The highest BCUT2D eigenvalue weighted by atomic mass is 16.1. The summed E-state index contributed by atoms with van der Waals surface area (Å²) in [4.78, 5) is 22.3. The van der Waals surface area contributed by atoms with Crippen LogP contribution in [-0.2, 0) is 6.54 Å². The maximum atomic E-state index is 12.8. The van der Waals surface area contributed by atoms with Crippen LogP contribution >= 0.6 is 0 Å². The molecule has 0 radical (unpaired) electrons. The lowest BCUT2D eigenvalue weighted by Crippen LogP contribution is -2.25. The van der Waals surface area contributed by atoms with E-state index in [9.17, 15) is 4.79 Å². The summed E-state index contributed by atoms with van der Waals surface area (Å²) in [5.41, 5.74) is 9.75. The minimum absolute atomic E-state index is 0.164.